The van der Waals surface area contributed by atoms with Gasteiger partial charge in [-0.1, -0.05) is 325 Å². The fraction of sp³-hybridized carbons (Fsp3) is 0.800. The molecule has 0 N–H and O–H groups in total. The van der Waals surface area contributed by atoms with Gasteiger partial charge in [0, 0.05) is 19.3 Å². The highest BCUT2D eigenvalue weighted by molar-refractivity contribution is 5.71. The molecule has 0 aliphatic carbocycles. The molecule has 0 saturated carbocycles. The van der Waals surface area contributed by atoms with Crippen LogP contribution in [0.2, 0.25) is 0 Å². The average molecular weight is 1130 g/mol. The summed E-state index contributed by atoms with van der Waals surface area (Å²) in [5.41, 5.74) is 0. The van der Waals surface area contributed by atoms with E-state index in [9.17, 15) is 14.4 Å². The number of esters is 3. The topological polar surface area (TPSA) is 78.9 Å². The molecule has 470 valence electrons. The summed E-state index contributed by atoms with van der Waals surface area (Å²) in [6, 6.07) is 0. The van der Waals surface area contributed by atoms with Crippen molar-refractivity contribution in [1.29, 1.82) is 0 Å². The van der Waals surface area contributed by atoms with E-state index in [1.54, 1.807) is 0 Å². The van der Waals surface area contributed by atoms with Crippen molar-refractivity contribution in [2.45, 2.75) is 374 Å². The summed E-state index contributed by atoms with van der Waals surface area (Å²) in [5, 5.41) is 0. The van der Waals surface area contributed by atoms with Crippen molar-refractivity contribution in [3.63, 3.8) is 0 Å². The molecule has 0 aromatic heterocycles. The first-order valence-electron chi connectivity index (χ1n) is 35.4. The number of unbranched alkanes of at least 4 members (excludes halogenated alkanes) is 42. The van der Waals surface area contributed by atoms with Crippen molar-refractivity contribution >= 4 is 17.9 Å². The standard InChI is InChI=1S/C75H134O6/c1-4-7-10-13-16-19-22-25-28-31-34-36-37-39-41-44-47-50-53-56-59-62-65-68-74(77)80-71-72(70-79-73(76)67-64-61-58-55-52-49-46-43-40-33-30-27-24-21-18-15-12-9-6-3)81-75(78)69-66-63-60-57-54-51-48-45-42-38-35-32-29-26-23-20-17-14-11-8-5-2/h22-23,25-26,31-32,34-35,37,39,42,45,72H,4-21,24,27-30,33,36,38,40-41,43-44,46-71H2,1-3H3/b25-22-,26-23-,34-31-,35-32-,39-37-,45-42-. The zero-order valence-corrected chi connectivity index (χ0v) is 54.1. The maximum Gasteiger partial charge on any atom is 0.306 e. The van der Waals surface area contributed by atoms with Crippen molar-refractivity contribution in [3.8, 4) is 0 Å². The second-order valence-corrected chi connectivity index (χ2v) is 23.8. The third kappa shape index (κ3) is 67.5. The molecule has 0 aliphatic heterocycles. The number of carbonyl (C=O) groups is 3. The van der Waals surface area contributed by atoms with Gasteiger partial charge in [0.1, 0.15) is 13.2 Å². The molecular weight excluding hydrogens is 997 g/mol. The lowest BCUT2D eigenvalue weighted by atomic mass is 10.0. The fourth-order valence-corrected chi connectivity index (χ4v) is 10.3. The van der Waals surface area contributed by atoms with Crippen molar-refractivity contribution < 1.29 is 28.6 Å². The zero-order valence-electron chi connectivity index (χ0n) is 54.1. The molecule has 0 saturated heterocycles. The number of allylic oxidation sites excluding steroid dienone is 12. The largest absolute Gasteiger partial charge is 0.462 e. The molecule has 0 bridgehead atoms. The Kier molecular flexibility index (Phi) is 66.6. The highest BCUT2D eigenvalue weighted by atomic mass is 16.6. The van der Waals surface area contributed by atoms with Gasteiger partial charge >= 0.3 is 17.9 Å². The monoisotopic (exact) mass is 1130 g/mol. The molecule has 0 fully saturated rings. The molecule has 6 nitrogen and oxygen atoms in total. The van der Waals surface area contributed by atoms with Crippen LogP contribution < -0.4 is 0 Å². The number of ether oxygens (including phenoxy) is 3. The molecule has 0 heterocycles. The first-order chi connectivity index (χ1) is 40.0. The fourth-order valence-electron chi connectivity index (χ4n) is 10.3. The van der Waals surface area contributed by atoms with Crippen molar-refractivity contribution in [2.24, 2.45) is 0 Å². The summed E-state index contributed by atoms with van der Waals surface area (Å²) in [5.74, 6) is -0.878. The molecule has 0 radical (unpaired) electrons. The number of carbonyl (C=O) groups excluding carboxylic acids is 3. The molecule has 1 atom stereocenters. The molecule has 0 aromatic carbocycles. The van der Waals surface area contributed by atoms with Crippen LogP contribution in [0.5, 0.6) is 0 Å². The van der Waals surface area contributed by atoms with Crippen molar-refractivity contribution in [3.05, 3.63) is 72.9 Å². The molecular formula is C75H134O6. The number of hydrogen-bond acceptors (Lipinski definition) is 6. The van der Waals surface area contributed by atoms with Crippen molar-refractivity contribution in [2.75, 3.05) is 13.2 Å². The first-order valence-corrected chi connectivity index (χ1v) is 35.4. The Morgan fingerprint density at radius 3 is 0.691 bits per heavy atom. The van der Waals surface area contributed by atoms with E-state index in [1.165, 1.54) is 225 Å². The highest BCUT2D eigenvalue weighted by Gasteiger charge is 2.19. The van der Waals surface area contributed by atoms with Crippen LogP contribution in [0.15, 0.2) is 72.9 Å². The zero-order chi connectivity index (χ0) is 58.5. The molecule has 0 aliphatic rings. The van der Waals surface area contributed by atoms with Crippen LogP contribution >= 0.6 is 0 Å². The Labute approximate surface area is 503 Å². The molecule has 81 heavy (non-hydrogen) atoms. The van der Waals surface area contributed by atoms with Gasteiger partial charge in [-0.25, -0.2) is 0 Å². The maximum atomic E-state index is 13.0. The van der Waals surface area contributed by atoms with Gasteiger partial charge in [0.25, 0.3) is 0 Å². The van der Waals surface area contributed by atoms with E-state index in [0.29, 0.717) is 19.3 Å². The predicted octanol–water partition coefficient (Wildman–Crippen LogP) is 24.4. The Bertz CT molecular complexity index is 1490. The van der Waals surface area contributed by atoms with E-state index >= 15 is 0 Å². The van der Waals surface area contributed by atoms with Gasteiger partial charge < -0.3 is 14.2 Å². The molecule has 0 rings (SSSR count). The van der Waals surface area contributed by atoms with Gasteiger partial charge in [-0.05, 0) is 96.3 Å². The van der Waals surface area contributed by atoms with Crippen LogP contribution in [0.3, 0.4) is 0 Å². The van der Waals surface area contributed by atoms with Crippen molar-refractivity contribution in [1.82, 2.24) is 0 Å². The van der Waals surface area contributed by atoms with E-state index in [0.717, 1.165) is 103 Å². The van der Waals surface area contributed by atoms with Gasteiger partial charge in [-0.2, -0.15) is 0 Å². The Morgan fingerprint density at radius 2 is 0.444 bits per heavy atom. The Balaban J connectivity index is 4.39. The first kappa shape index (κ1) is 77.9. The van der Waals surface area contributed by atoms with E-state index < -0.39 is 6.10 Å². The van der Waals surface area contributed by atoms with Gasteiger partial charge in [0.15, 0.2) is 6.10 Å². The Morgan fingerprint density at radius 1 is 0.247 bits per heavy atom. The van der Waals surface area contributed by atoms with Crippen LogP contribution in [-0.4, -0.2) is 37.2 Å². The summed E-state index contributed by atoms with van der Waals surface area (Å²) >= 11 is 0. The predicted molar refractivity (Wildman–Crippen MR) is 353 cm³/mol. The molecule has 1 unspecified atom stereocenters. The minimum Gasteiger partial charge on any atom is -0.462 e. The Hall–Kier alpha value is -3.15. The smallest absolute Gasteiger partial charge is 0.306 e. The van der Waals surface area contributed by atoms with Gasteiger partial charge in [0.05, 0.1) is 0 Å². The maximum absolute atomic E-state index is 13.0. The molecule has 0 amide bonds. The van der Waals surface area contributed by atoms with Crippen LogP contribution in [0.4, 0.5) is 0 Å². The molecule has 6 heteroatoms. The second-order valence-electron chi connectivity index (χ2n) is 23.8. The van der Waals surface area contributed by atoms with Crippen LogP contribution in [0.25, 0.3) is 0 Å². The summed E-state index contributed by atoms with van der Waals surface area (Å²) < 4.78 is 17.0. The average Bonchev–Trinajstić information content (AvgIpc) is 3.47. The second kappa shape index (κ2) is 69.3. The normalized spacial score (nSPS) is 12.5. The van der Waals surface area contributed by atoms with Gasteiger partial charge in [-0.3, -0.25) is 14.4 Å². The highest BCUT2D eigenvalue weighted by Crippen LogP contribution is 2.17. The lowest BCUT2D eigenvalue weighted by molar-refractivity contribution is -0.167. The summed E-state index contributed by atoms with van der Waals surface area (Å²) in [4.78, 5) is 38.5. The van der Waals surface area contributed by atoms with Crippen LogP contribution in [-0.2, 0) is 28.6 Å². The molecule has 0 aromatic rings. The van der Waals surface area contributed by atoms with E-state index in [2.05, 4.69) is 93.7 Å². The summed E-state index contributed by atoms with van der Waals surface area (Å²) in [6.07, 6.45) is 90.6. The van der Waals surface area contributed by atoms with E-state index in [-0.39, 0.29) is 31.1 Å². The van der Waals surface area contributed by atoms with Crippen LogP contribution in [0, 0.1) is 0 Å². The number of hydrogen-bond donors (Lipinski definition) is 0. The summed E-state index contributed by atoms with van der Waals surface area (Å²) in [6.45, 7) is 6.66. The SMILES string of the molecule is CCCCCCC/C=C\C/C=C\C/C=C\CCCCCCCCCCC(=O)OCC(COC(=O)CCCCCCCCCCCCCCCCCCCCC)OC(=O)CCCCCCCC/C=C\C/C=C\C/C=C\CCCCCCC. The van der Waals surface area contributed by atoms with Gasteiger partial charge in [0.2, 0.25) is 0 Å². The van der Waals surface area contributed by atoms with E-state index in [4.69, 9.17) is 14.2 Å². The quantitative estimate of drug-likeness (QED) is 0.0261. The number of rotatable bonds is 65. The van der Waals surface area contributed by atoms with Gasteiger partial charge in [-0.15, -0.1) is 0 Å². The minimum atomic E-state index is -0.787. The van der Waals surface area contributed by atoms with Crippen LogP contribution in [0.1, 0.15) is 367 Å². The summed E-state index contributed by atoms with van der Waals surface area (Å²) in [7, 11) is 0. The van der Waals surface area contributed by atoms with E-state index in [1.807, 2.05) is 0 Å². The lowest BCUT2D eigenvalue weighted by Crippen LogP contribution is -2.30. The lowest BCUT2D eigenvalue weighted by Gasteiger charge is -2.18. The third-order valence-electron chi connectivity index (χ3n) is 15.7. The third-order valence-corrected chi connectivity index (χ3v) is 15.7. The molecule has 0 spiro atoms. The minimum absolute atomic E-state index is 0.0799.